The highest BCUT2D eigenvalue weighted by atomic mass is 32.2. The molecule has 0 radical (unpaired) electrons. The van der Waals surface area contributed by atoms with Crippen molar-refractivity contribution in [1.82, 2.24) is 0 Å². The van der Waals surface area contributed by atoms with E-state index in [1.54, 1.807) is 13.2 Å². The third kappa shape index (κ3) is 3.50. The van der Waals surface area contributed by atoms with Gasteiger partial charge in [-0.2, -0.15) is 4.36 Å². The SMILES string of the molecule is COc1cccc(S(=O)(=Nc2cc(C)c(N)cc2C)C(C)C)c1. The van der Waals surface area contributed by atoms with Crippen molar-refractivity contribution in [2.45, 2.75) is 37.8 Å². The Hall–Kier alpha value is -2.01. The smallest absolute Gasteiger partial charge is 0.120 e. The molecule has 0 saturated carbocycles. The number of hydrogen-bond donors (Lipinski definition) is 1. The lowest BCUT2D eigenvalue weighted by Gasteiger charge is -2.16. The van der Waals surface area contributed by atoms with Gasteiger partial charge in [0, 0.05) is 10.9 Å². The summed E-state index contributed by atoms with van der Waals surface area (Å²) in [4.78, 5) is 0.681. The fourth-order valence-corrected chi connectivity index (χ4v) is 4.19. The zero-order chi connectivity index (χ0) is 17.2. The van der Waals surface area contributed by atoms with E-state index in [1.165, 1.54) is 0 Å². The van der Waals surface area contributed by atoms with Crippen LogP contribution in [0, 0.1) is 13.8 Å². The molecule has 0 saturated heterocycles. The summed E-state index contributed by atoms with van der Waals surface area (Å²) in [6, 6.07) is 11.1. The zero-order valence-corrected chi connectivity index (χ0v) is 15.1. The van der Waals surface area contributed by atoms with Gasteiger partial charge in [-0.3, -0.25) is 0 Å². The van der Waals surface area contributed by atoms with E-state index in [9.17, 15) is 4.21 Å². The van der Waals surface area contributed by atoms with Gasteiger partial charge in [-0.05, 0) is 69.2 Å². The molecule has 1 unspecified atom stereocenters. The maximum absolute atomic E-state index is 13.6. The highest BCUT2D eigenvalue weighted by molar-refractivity contribution is 7.94. The first-order chi connectivity index (χ1) is 10.8. The fraction of sp³-hybridized carbons (Fsp3) is 0.333. The second kappa shape index (κ2) is 6.62. The predicted octanol–water partition coefficient (Wildman–Crippen LogP) is 4.46. The van der Waals surface area contributed by atoms with Crippen LogP contribution in [0.25, 0.3) is 0 Å². The zero-order valence-electron chi connectivity index (χ0n) is 14.3. The molecule has 0 amide bonds. The van der Waals surface area contributed by atoms with Crippen LogP contribution in [0.2, 0.25) is 0 Å². The molecule has 0 spiro atoms. The Balaban J connectivity index is 2.70. The highest BCUT2D eigenvalue weighted by Gasteiger charge is 2.19. The second-order valence-corrected chi connectivity index (χ2v) is 8.62. The number of aryl methyl sites for hydroxylation is 2. The maximum atomic E-state index is 13.6. The third-order valence-corrected chi connectivity index (χ3v) is 6.51. The van der Waals surface area contributed by atoms with Crippen molar-refractivity contribution in [3.05, 3.63) is 47.5 Å². The summed E-state index contributed by atoms with van der Waals surface area (Å²) in [6.45, 7) is 7.70. The molecule has 0 aliphatic rings. The number of rotatable bonds is 4. The van der Waals surface area contributed by atoms with Crippen LogP contribution in [0.5, 0.6) is 5.75 Å². The minimum absolute atomic E-state index is 0.133. The molecule has 1 atom stereocenters. The molecule has 0 aliphatic carbocycles. The number of benzene rings is 2. The Morgan fingerprint density at radius 3 is 2.43 bits per heavy atom. The van der Waals surface area contributed by atoms with Gasteiger partial charge in [-0.25, -0.2) is 4.21 Å². The van der Waals surface area contributed by atoms with Crippen LogP contribution in [0.15, 0.2) is 45.7 Å². The van der Waals surface area contributed by atoms with Gasteiger partial charge in [-0.1, -0.05) is 6.07 Å². The summed E-state index contributed by atoms with van der Waals surface area (Å²) in [5, 5.41) is -0.133. The molecule has 0 aromatic heterocycles. The number of hydrogen-bond acceptors (Lipinski definition) is 4. The minimum Gasteiger partial charge on any atom is -0.497 e. The third-order valence-electron chi connectivity index (χ3n) is 3.84. The van der Waals surface area contributed by atoms with E-state index in [4.69, 9.17) is 10.5 Å². The molecule has 124 valence electrons. The van der Waals surface area contributed by atoms with Crippen LogP contribution < -0.4 is 10.5 Å². The highest BCUT2D eigenvalue weighted by Crippen LogP contribution is 2.31. The molecule has 0 fully saturated rings. The van der Waals surface area contributed by atoms with E-state index in [0.29, 0.717) is 10.6 Å². The van der Waals surface area contributed by atoms with Crippen LogP contribution in [0.1, 0.15) is 25.0 Å². The first-order valence-corrected chi connectivity index (χ1v) is 9.12. The van der Waals surface area contributed by atoms with Crippen LogP contribution in [-0.4, -0.2) is 16.6 Å². The molecule has 5 heteroatoms. The first kappa shape index (κ1) is 17.3. The number of nitrogens with two attached hydrogens (primary N) is 1. The Kier molecular flexibility index (Phi) is 5.00. The summed E-state index contributed by atoms with van der Waals surface area (Å²) in [5.74, 6) is 0.677. The lowest BCUT2D eigenvalue weighted by molar-refractivity contribution is 0.413. The van der Waals surface area contributed by atoms with E-state index >= 15 is 0 Å². The van der Waals surface area contributed by atoms with Gasteiger partial charge in [0.1, 0.15) is 5.75 Å². The average molecular weight is 332 g/mol. The minimum atomic E-state index is -2.62. The van der Waals surface area contributed by atoms with Crippen LogP contribution in [0.3, 0.4) is 0 Å². The number of nitrogen functional groups attached to an aromatic ring is 1. The molecule has 0 aliphatic heterocycles. The van der Waals surface area contributed by atoms with Gasteiger partial charge in [-0.15, -0.1) is 0 Å². The number of anilines is 1. The van der Waals surface area contributed by atoms with Gasteiger partial charge in [0.25, 0.3) is 0 Å². The predicted molar refractivity (Wildman–Crippen MR) is 97.0 cm³/mol. The molecule has 0 bridgehead atoms. The summed E-state index contributed by atoms with van der Waals surface area (Å²) < 4.78 is 23.5. The second-order valence-electron chi connectivity index (χ2n) is 5.88. The summed E-state index contributed by atoms with van der Waals surface area (Å²) in [6.07, 6.45) is 0. The van der Waals surface area contributed by atoms with Gasteiger partial charge in [0.15, 0.2) is 0 Å². The maximum Gasteiger partial charge on any atom is 0.120 e. The van der Waals surface area contributed by atoms with E-state index in [2.05, 4.69) is 4.36 Å². The Morgan fingerprint density at radius 2 is 1.83 bits per heavy atom. The van der Waals surface area contributed by atoms with Crippen LogP contribution >= 0.6 is 0 Å². The molecule has 2 rings (SSSR count). The normalized spacial score (nSPS) is 13.7. The Labute approximate surface area is 138 Å². The van der Waals surface area contributed by atoms with Crippen molar-refractivity contribution < 1.29 is 8.95 Å². The van der Waals surface area contributed by atoms with Crippen molar-refractivity contribution in [3.8, 4) is 5.75 Å². The van der Waals surface area contributed by atoms with Gasteiger partial charge in [0.2, 0.25) is 0 Å². The van der Waals surface area contributed by atoms with Gasteiger partial charge in [0.05, 0.1) is 27.4 Å². The number of methoxy groups -OCH3 is 1. The van der Waals surface area contributed by atoms with Gasteiger partial charge < -0.3 is 10.5 Å². The van der Waals surface area contributed by atoms with E-state index in [0.717, 1.165) is 22.5 Å². The van der Waals surface area contributed by atoms with Crippen molar-refractivity contribution in [2.75, 3.05) is 12.8 Å². The molecule has 0 heterocycles. The van der Waals surface area contributed by atoms with Crippen molar-refractivity contribution >= 4 is 21.1 Å². The van der Waals surface area contributed by atoms with Crippen LogP contribution in [-0.2, 0) is 9.73 Å². The summed E-state index contributed by atoms with van der Waals surface area (Å²) in [5.41, 5.74) is 9.23. The van der Waals surface area contributed by atoms with Crippen molar-refractivity contribution in [3.63, 3.8) is 0 Å². The van der Waals surface area contributed by atoms with E-state index in [1.807, 2.05) is 58.0 Å². The standard InChI is InChI=1S/C18H24N2O2S/c1-12(2)23(21,16-8-6-7-15(11-16)22-5)20-18-10-13(3)17(19)9-14(18)4/h6-12H,19H2,1-5H3. The molecular weight excluding hydrogens is 308 g/mol. The van der Waals surface area contributed by atoms with E-state index in [-0.39, 0.29) is 5.25 Å². The Bertz CT molecular complexity index is 835. The van der Waals surface area contributed by atoms with Gasteiger partial charge >= 0.3 is 0 Å². The largest absolute Gasteiger partial charge is 0.497 e. The monoisotopic (exact) mass is 332 g/mol. The van der Waals surface area contributed by atoms with Crippen LogP contribution in [0.4, 0.5) is 11.4 Å². The van der Waals surface area contributed by atoms with Crippen molar-refractivity contribution in [1.29, 1.82) is 0 Å². The summed E-state index contributed by atoms with van der Waals surface area (Å²) in [7, 11) is -1.02. The Morgan fingerprint density at radius 1 is 1.13 bits per heavy atom. The quantitative estimate of drug-likeness (QED) is 0.841. The fourth-order valence-electron chi connectivity index (χ4n) is 2.28. The lowest BCUT2D eigenvalue weighted by Crippen LogP contribution is -2.14. The molecule has 23 heavy (non-hydrogen) atoms. The molecule has 2 N–H and O–H groups in total. The molecule has 4 nitrogen and oxygen atoms in total. The average Bonchev–Trinajstić information content (AvgIpc) is 2.52. The lowest BCUT2D eigenvalue weighted by atomic mass is 10.1. The summed E-state index contributed by atoms with van der Waals surface area (Å²) >= 11 is 0. The molecule has 2 aromatic carbocycles. The molecule has 2 aromatic rings. The van der Waals surface area contributed by atoms with Crippen molar-refractivity contribution in [2.24, 2.45) is 4.36 Å². The molecular formula is C18H24N2O2S. The first-order valence-electron chi connectivity index (χ1n) is 7.54. The van der Waals surface area contributed by atoms with E-state index < -0.39 is 9.73 Å². The topological polar surface area (TPSA) is 64.7 Å². The number of ether oxygens (including phenoxy) is 1. The number of nitrogens with zero attached hydrogens (tertiary/aromatic N) is 1.